The van der Waals surface area contributed by atoms with Crippen LogP contribution >= 0.6 is 23.2 Å². The quantitative estimate of drug-likeness (QED) is 0.340. The number of benzene rings is 2. The monoisotopic (exact) mass is 467 g/mol. The van der Waals surface area contributed by atoms with Crippen LogP contribution in [-0.4, -0.2) is 27.4 Å². The fourth-order valence-corrected chi connectivity index (χ4v) is 2.75. The van der Waals surface area contributed by atoms with Crippen LogP contribution in [0.15, 0.2) is 41.5 Å². The third-order valence-electron chi connectivity index (χ3n) is 3.82. The molecule has 0 saturated carbocycles. The molecule has 0 heterocycles. The van der Waals surface area contributed by atoms with Crippen molar-refractivity contribution in [2.24, 2.45) is 5.10 Å². The highest BCUT2D eigenvalue weighted by atomic mass is 35.5. The van der Waals surface area contributed by atoms with Gasteiger partial charge in [-0.2, -0.15) is 5.10 Å². The van der Waals surface area contributed by atoms with Gasteiger partial charge in [0.15, 0.2) is 0 Å². The number of hydrogen-bond acceptors (Lipinski definition) is 7. The van der Waals surface area contributed by atoms with Gasteiger partial charge in [-0.25, -0.2) is 5.43 Å². The van der Waals surface area contributed by atoms with Crippen molar-refractivity contribution >= 4 is 57.8 Å². The average Bonchev–Trinajstić information content (AvgIpc) is 2.69. The number of carbonyl (C=O) groups is 2. The van der Waals surface area contributed by atoms with E-state index in [4.69, 9.17) is 23.2 Å². The van der Waals surface area contributed by atoms with E-state index in [0.717, 1.165) is 18.2 Å². The minimum absolute atomic E-state index is 0.0192. The van der Waals surface area contributed by atoms with E-state index in [-0.39, 0.29) is 17.7 Å². The number of hydrogen-bond donors (Lipinski definition) is 2. The molecule has 31 heavy (non-hydrogen) atoms. The Balaban J connectivity index is 1.98. The van der Waals surface area contributed by atoms with Crippen molar-refractivity contribution in [1.29, 1.82) is 0 Å². The number of nitro groups is 2. The number of anilines is 1. The molecule has 0 aliphatic heterocycles. The van der Waals surface area contributed by atoms with Crippen molar-refractivity contribution in [3.8, 4) is 0 Å². The van der Waals surface area contributed by atoms with Crippen molar-refractivity contribution < 1.29 is 19.4 Å². The van der Waals surface area contributed by atoms with Crippen molar-refractivity contribution in [1.82, 2.24) is 5.43 Å². The summed E-state index contributed by atoms with van der Waals surface area (Å²) in [6.45, 7) is 1.49. The lowest BCUT2D eigenvalue weighted by Gasteiger charge is -2.08. The Hall–Kier alpha value is -3.57. The van der Waals surface area contributed by atoms with Crippen LogP contribution in [0, 0.1) is 20.2 Å². The maximum atomic E-state index is 12.1. The van der Waals surface area contributed by atoms with Crippen molar-refractivity contribution in [3.63, 3.8) is 0 Å². The number of carbonyl (C=O) groups excluding carboxylic acids is 2. The zero-order chi connectivity index (χ0) is 23.1. The lowest BCUT2D eigenvalue weighted by Crippen LogP contribution is -2.23. The van der Waals surface area contributed by atoms with Crippen LogP contribution in [0.2, 0.25) is 10.0 Å². The minimum atomic E-state index is -0.810. The Kier molecular flexibility index (Phi) is 8.00. The Morgan fingerprint density at radius 1 is 1.03 bits per heavy atom. The van der Waals surface area contributed by atoms with Gasteiger partial charge in [-0.05, 0) is 31.2 Å². The first-order valence-corrected chi connectivity index (χ1v) is 9.31. The SMILES string of the molecule is C/C(CC(=O)Nc1cc(Cl)ccc1Cl)=N/NC(=O)Cc1ccc([N+](=O)[O-])cc1[N+](=O)[O-]. The number of hydrazone groups is 1. The summed E-state index contributed by atoms with van der Waals surface area (Å²) >= 11 is 11.8. The summed E-state index contributed by atoms with van der Waals surface area (Å²) in [5.74, 6) is -1.15. The number of halogens is 2. The molecule has 2 aromatic rings. The fourth-order valence-electron chi connectivity index (χ4n) is 2.42. The smallest absolute Gasteiger partial charge is 0.279 e. The second kappa shape index (κ2) is 10.5. The van der Waals surface area contributed by atoms with E-state index in [1.807, 2.05) is 0 Å². The Bertz CT molecular complexity index is 1090. The molecular weight excluding hydrogens is 453 g/mol. The number of non-ortho nitro benzene ring substituents is 1. The molecule has 0 spiro atoms. The molecule has 2 amide bonds. The molecule has 11 nitrogen and oxygen atoms in total. The molecule has 2 N–H and O–H groups in total. The van der Waals surface area contributed by atoms with E-state index in [0.29, 0.717) is 15.7 Å². The first-order valence-electron chi connectivity index (χ1n) is 8.55. The van der Waals surface area contributed by atoms with Crippen LogP contribution in [0.1, 0.15) is 18.9 Å². The maximum Gasteiger partial charge on any atom is 0.279 e. The third kappa shape index (κ3) is 7.01. The topological polar surface area (TPSA) is 157 Å². The van der Waals surface area contributed by atoms with Gasteiger partial charge in [-0.3, -0.25) is 29.8 Å². The molecule has 2 rings (SSSR count). The molecule has 0 atom stereocenters. The summed E-state index contributed by atoms with van der Waals surface area (Å²) in [7, 11) is 0. The highest BCUT2D eigenvalue weighted by Crippen LogP contribution is 2.26. The normalized spacial score (nSPS) is 11.0. The Morgan fingerprint density at radius 3 is 2.39 bits per heavy atom. The zero-order valence-electron chi connectivity index (χ0n) is 15.9. The maximum absolute atomic E-state index is 12.1. The van der Waals surface area contributed by atoms with Crippen molar-refractivity contribution in [2.45, 2.75) is 19.8 Å². The zero-order valence-corrected chi connectivity index (χ0v) is 17.4. The molecule has 0 unspecified atom stereocenters. The van der Waals surface area contributed by atoms with Gasteiger partial charge < -0.3 is 5.32 Å². The summed E-state index contributed by atoms with van der Waals surface area (Å²) in [4.78, 5) is 44.5. The number of amides is 2. The van der Waals surface area contributed by atoms with E-state index in [1.165, 1.54) is 19.1 Å². The number of rotatable bonds is 8. The molecular formula is C18H15Cl2N5O6. The molecule has 0 aromatic heterocycles. The first kappa shape index (κ1) is 23.7. The van der Waals surface area contributed by atoms with Crippen LogP contribution in [0.5, 0.6) is 0 Å². The van der Waals surface area contributed by atoms with Crippen LogP contribution in [0.25, 0.3) is 0 Å². The van der Waals surface area contributed by atoms with Crippen LogP contribution < -0.4 is 10.7 Å². The van der Waals surface area contributed by atoms with Gasteiger partial charge in [0.05, 0.1) is 39.5 Å². The van der Waals surface area contributed by atoms with Crippen LogP contribution in [0.4, 0.5) is 17.1 Å². The largest absolute Gasteiger partial charge is 0.324 e. The average molecular weight is 468 g/mol. The Morgan fingerprint density at radius 2 is 1.74 bits per heavy atom. The number of nitrogens with zero attached hydrogens (tertiary/aromatic N) is 3. The number of nitro benzene ring substituents is 2. The van der Waals surface area contributed by atoms with Gasteiger partial charge in [0.1, 0.15) is 0 Å². The molecule has 0 saturated heterocycles. The van der Waals surface area contributed by atoms with Crippen molar-refractivity contribution in [3.05, 3.63) is 72.2 Å². The highest BCUT2D eigenvalue weighted by molar-refractivity contribution is 6.35. The highest BCUT2D eigenvalue weighted by Gasteiger charge is 2.21. The van der Waals surface area contributed by atoms with Gasteiger partial charge in [0.25, 0.3) is 11.4 Å². The van der Waals surface area contributed by atoms with E-state index in [1.54, 1.807) is 6.07 Å². The lowest BCUT2D eigenvalue weighted by atomic mass is 10.1. The van der Waals surface area contributed by atoms with Crippen molar-refractivity contribution in [2.75, 3.05) is 5.32 Å². The molecule has 162 valence electrons. The summed E-state index contributed by atoms with van der Waals surface area (Å²) in [6, 6.07) is 7.55. The fraction of sp³-hybridized carbons (Fsp3) is 0.167. The Labute approximate surface area is 185 Å². The van der Waals surface area contributed by atoms with Crippen LogP contribution in [-0.2, 0) is 16.0 Å². The van der Waals surface area contributed by atoms with Crippen LogP contribution in [0.3, 0.4) is 0 Å². The minimum Gasteiger partial charge on any atom is -0.324 e. The van der Waals surface area contributed by atoms with E-state index in [9.17, 15) is 29.8 Å². The van der Waals surface area contributed by atoms with Gasteiger partial charge >= 0.3 is 0 Å². The van der Waals surface area contributed by atoms with E-state index < -0.39 is 39.5 Å². The summed E-state index contributed by atoms with van der Waals surface area (Å²) < 4.78 is 0. The standard InChI is InChI=1S/C18H15Cl2N5O6/c1-10(6-17(26)21-15-8-12(19)3-5-14(15)20)22-23-18(27)7-11-2-4-13(24(28)29)9-16(11)25(30)31/h2-5,8-9H,6-7H2,1H3,(H,21,26)(H,23,27)/b22-10-. The predicted molar refractivity (Wildman–Crippen MR) is 114 cm³/mol. The number of nitrogens with one attached hydrogen (secondary N) is 2. The third-order valence-corrected chi connectivity index (χ3v) is 4.38. The molecule has 13 heteroatoms. The van der Waals surface area contributed by atoms with E-state index in [2.05, 4.69) is 15.8 Å². The molecule has 0 aliphatic carbocycles. The van der Waals surface area contributed by atoms with E-state index >= 15 is 0 Å². The van der Waals surface area contributed by atoms with Gasteiger partial charge in [-0.15, -0.1) is 0 Å². The molecule has 0 aliphatic rings. The van der Waals surface area contributed by atoms with Gasteiger partial charge in [-0.1, -0.05) is 23.2 Å². The first-order chi connectivity index (χ1) is 14.6. The second-order valence-electron chi connectivity index (χ2n) is 6.24. The molecule has 2 aromatic carbocycles. The van der Waals surface area contributed by atoms with Gasteiger partial charge in [0, 0.05) is 22.4 Å². The summed E-state index contributed by atoms with van der Waals surface area (Å²) in [5, 5.41) is 28.9. The summed E-state index contributed by atoms with van der Waals surface area (Å²) in [5.41, 5.74) is 1.73. The molecule has 0 bridgehead atoms. The summed E-state index contributed by atoms with van der Waals surface area (Å²) in [6.07, 6.45) is -0.601. The second-order valence-corrected chi connectivity index (χ2v) is 7.08. The molecule has 0 radical (unpaired) electrons. The lowest BCUT2D eigenvalue weighted by molar-refractivity contribution is -0.394. The van der Waals surface area contributed by atoms with Gasteiger partial charge in [0.2, 0.25) is 11.8 Å². The molecule has 0 fully saturated rings. The predicted octanol–water partition coefficient (Wildman–Crippen LogP) is 3.87.